The molecule has 2 saturated carbocycles. The Balaban J connectivity index is 2.02. The van der Waals surface area contributed by atoms with E-state index in [1.54, 1.807) is 12.1 Å². The van der Waals surface area contributed by atoms with Crippen LogP contribution in [-0.2, 0) is 16.0 Å². The molecule has 4 heteroatoms. The van der Waals surface area contributed by atoms with Crippen LogP contribution in [0.5, 0.6) is 11.5 Å². The highest BCUT2D eigenvalue weighted by atomic mass is 16.5. The molecule has 0 radical (unpaired) electrons. The molecule has 0 aromatic heterocycles. The zero-order chi connectivity index (χ0) is 23.8. The van der Waals surface area contributed by atoms with Crippen LogP contribution in [-0.4, -0.2) is 23.3 Å². The van der Waals surface area contributed by atoms with E-state index >= 15 is 0 Å². The molecule has 4 nitrogen and oxygen atoms in total. The SMILES string of the molecule is COC(=O)CC[C@@H]1C(=C(C)C)CC[C@H]2[C@@]1(C)CC[C@H](C)[C@]2(C)Cc1cc(O)cc(C)c1O. The van der Waals surface area contributed by atoms with Gasteiger partial charge in [0.2, 0.25) is 0 Å². The van der Waals surface area contributed by atoms with Gasteiger partial charge >= 0.3 is 5.97 Å². The van der Waals surface area contributed by atoms with Crippen LogP contribution in [0.15, 0.2) is 23.3 Å². The van der Waals surface area contributed by atoms with Crippen LogP contribution in [0.3, 0.4) is 0 Å². The fraction of sp³-hybridized carbons (Fsp3) is 0.679. The highest BCUT2D eigenvalue weighted by molar-refractivity contribution is 5.69. The van der Waals surface area contributed by atoms with Crippen LogP contribution in [0.1, 0.15) is 84.3 Å². The summed E-state index contributed by atoms with van der Waals surface area (Å²) in [6.45, 7) is 13.5. The number of hydrogen-bond acceptors (Lipinski definition) is 4. The molecule has 178 valence electrons. The second kappa shape index (κ2) is 9.11. The van der Waals surface area contributed by atoms with Crippen molar-refractivity contribution in [3.05, 3.63) is 34.4 Å². The minimum atomic E-state index is -0.129. The van der Waals surface area contributed by atoms with Gasteiger partial charge < -0.3 is 14.9 Å². The van der Waals surface area contributed by atoms with Crippen molar-refractivity contribution in [1.82, 2.24) is 0 Å². The van der Waals surface area contributed by atoms with Gasteiger partial charge in [-0.25, -0.2) is 0 Å². The van der Waals surface area contributed by atoms with Crippen molar-refractivity contribution in [1.29, 1.82) is 0 Å². The summed E-state index contributed by atoms with van der Waals surface area (Å²) in [6.07, 6.45) is 6.53. The van der Waals surface area contributed by atoms with E-state index < -0.39 is 0 Å². The van der Waals surface area contributed by atoms with Crippen molar-refractivity contribution in [2.45, 2.75) is 86.5 Å². The summed E-state index contributed by atoms with van der Waals surface area (Å²) in [7, 11) is 1.47. The molecule has 2 aliphatic carbocycles. The number of fused-ring (bicyclic) bond motifs is 1. The summed E-state index contributed by atoms with van der Waals surface area (Å²) >= 11 is 0. The van der Waals surface area contributed by atoms with Gasteiger partial charge in [-0.2, -0.15) is 0 Å². The Morgan fingerprint density at radius 1 is 1.19 bits per heavy atom. The van der Waals surface area contributed by atoms with Crippen molar-refractivity contribution in [3.8, 4) is 11.5 Å². The lowest BCUT2D eigenvalue weighted by Gasteiger charge is -2.61. The number of hydrogen-bond donors (Lipinski definition) is 2. The maximum absolute atomic E-state index is 12.0. The van der Waals surface area contributed by atoms with Crippen LogP contribution in [0.4, 0.5) is 0 Å². The predicted octanol–water partition coefficient (Wildman–Crippen LogP) is 6.71. The average Bonchev–Trinajstić information content (AvgIpc) is 2.72. The molecule has 1 aromatic rings. The number of phenolic OH excluding ortho intramolecular Hbond substituents is 2. The Labute approximate surface area is 194 Å². The number of phenols is 2. The van der Waals surface area contributed by atoms with Crippen LogP contribution in [0.25, 0.3) is 0 Å². The molecule has 0 spiro atoms. The summed E-state index contributed by atoms with van der Waals surface area (Å²) in [5.41, 5.74) is 4.59. The van der Waals surface area contributed by atoms with Crippen LogP contribution in [0, 0.1) is 35.5 Å². The normalized spacial score (nSPS) is 32.3. The average molecular weight is 443 g/mol. The molecule has 1 aromatic carbocycles. The third-order valence-electron chi connectivity index (χ3n) is 9.20. The first-order chi connectivity index (χ1) is 14.9. The van der Waals surface area contributed by atoms with Crippen molar-refractivity contribution in [2.75, 3.05) is 7.11 Å². The van der Waals surface area contributed by atoms with Gasteiger partial charge in [-0.3, -0.25) is 4.79 Å². The Kier molecular flexibility index (Phi) is 7.02. The lowest BCUT2D eigenvalue weighted by atomic mass is 9.43. The zero-order valence-corrected chi connectivity index (χ0v) is 21.0. The highest BCUT2D eigenvalue weighted by Crippen LogP contribution is 2.65. The van der Waals surface area contributed by atoms with Gasteiger partial charge in [0.05, 0.1) is 7.11 Å². The number of aryl methyl sites for hydroxylation is 1. The third kappa shape index (κ3) is 4.30. The second-order valence-corrected chi connectivity index (χ2v) is 11.2. The molecule has 0 amide bonds. The van der Waals surface area contributed by atoms with Crippen molar-refractivity contribution >= 4 is 5.97 Å². The van der Waals surface area contributed by atoms with E-state index in [1.165, 1.54) is 18.3 Å². The third-order valence-corrected chi connectivity index (χ3v) is 9.20. The summed E-state index contributed by atoms with van der Waals surface area (Å²) in [6, 6.07) is 3.37. The van der Waals surface area contributed by atoms with Crippen molar-refractivity contribution < 1.29 is 19.7 Å². The Morgan fingerprint density at radius 2 is 1.88 bits per heavy atom. The Bertz CT molecular complexity index is 897. The molecule has 2 N–H and O–H groups in total. The number of carbonyl (C=O) groups excluding carboxylic acids is 1. The van der Waals surface area contributed by atoms with Gasteiger partial charge in [0.1, 0.15) is 11.5 Å². The van der Waals surface area contributed by atoms with E-state index in [9.17, 15) is 15.0 Å². The lowest BCUT2D eigenvalue weighted by molar-refractivity contribution is -0.142. The molecule has 0 saturated heterocycles. The van der Waals surface area contributed by atoms with Gasteiger partial charge in [0.25, 0.3) is 0 Å². The van der Waals surface area contributed by atoms with E-state index in [-0.39, 0.29) is 22.5 Å². The minimum absolute atomic E-state index is 0.00139. The number of ether oxygens (including phenoxy) is 1. The number of aromatic hydroxyl groups is 2. The molecular weight excluding hydrogens is 400 g/mol. The minimum Gasteiger partial charge on any atom is -0.508 e. The zero-order valence-electron chi connectivity index (χ0n) is 21.0. The van der Waals surface area contributed by atoms with Gasteiger partial charge in [0.15, 0.2) is 0 Å². The van der Waals surface area contributed by atoms with Gasteiger partial charge in [-0.05, 0) is 111 Å². The first-order valence-corrected chi connectivity index (χ1v) is 12.2. The molecule has 5 atom stereocenters. The molecule has 2 fully saturated rings. The van der Waals surface area contributed by atoms with Crippen LogP contribution >= 0.6 is 0 Å². The van der Waals surface area contributed by atoms with Gasteiger partial charge in [0, 0.05) is 6.42 Å². The molecule has 2 aliphatic rings. The van der Waals surface area contributed by atoms with Crippen molar-refractivity contribution in [3.63, 3.8) is 0 Å². The van der Waals surface area contributed by atoms with Gasteiger partial charge in [-0.1, -0.05) is 31.9 Å². The maximum atomic E-state index is 12.0. The molecule has 0 bridgehead atoms. The molecule has 32 heavy (non-hydrogen) atoms. The van der Waals surface area contributed by atoms with E-state index in [1.807, 2.05) is 6.92 Å². The van der Waals surface area contributed by atoms with E-state index in [4.69, 9.17) is 4.74 Å². The summed E-state index contributed by atoms with van der Waals surface area (Å²) in [5.74, 6) is 1.76. The number of carbonyl (C=O) groups is 1. The van der Waals surface area contributed by atoms with Crippen molar-refractivity contribution in [2.24, 2.45) is 28.6 Å². The number of esters is 1. The molecular formula is C28H42O4. The number of benzene rings is 1. The summed E-state index contributed by atoms with van der Waals surface area (Å²) in [4.78, 5) is 12.0. The maximum Gasteiger partial charge on any atom is 0.305 e. The van der Waals surface area contributed by atoms with Gasteiger partial charge in [-0.15, -0.1) is 0 Å². The number of allylic oxidation sites excluding steroid dienone is 2. The standard InChI is InChI=1S/C28H42O4/c1-17(2)22-8-10-24-27(5,23(22)9-11-25(30)32-7)13-12-19(4)28(24,6)16-20-15-21(29)14-18(3)26(20)31/h14-15,19,23-24,29,31H,8-13,16H2,1-7H3/t19-,23+,24-,27-,28-/m0/s1. The molecule has 3 rings (SSSR count). The number of rotatable bonds is 5. The Hall–Kier alpha value is -1.97. The topological polar surface area (TPSA) is 66.8 Å². The fourth-order valence-corrected chi connectivity index (χ4v) is 7.22. The first kappa shape index (κ1) is 24.7. The Morgan fingerprint density at radius 3 is 2.50 bits per heavy atom. The highest BCUT2D eigenvalue weighted by Gasteiger charge is 2.57. The first-order valence-electron chi connectivity index (χ1n) is 12.2. The molecule has 0 unspecified atom stereocenters. The molecule has 0 heterocycles. The van der Waals surface area contributed by atoms with Crippen LogP contribution < -0.4 is 0 Å². The lowest BCUT2D eigenvalue weighted by Crippen LogP contribution is -2.54. The van der Waals surface area contributed by atoms with Crippen LogP contribution in [0.2, 0.25) is 0 Å². The largest absolute Gasteiger partial charge is 0.508 e. The predicted molar refractivity (Wildman–Crippen MR) is 129 cm³/mol. The summed E-state index contributed by atoms with van der Waals surface area (Å²) < 4.78 is 4.97. The second-order valence-electron chi connectivity index (χ2n) is 11.2. The quantitative estimate of drug-likeness (QED) is 0.302. The monoisotopic (exact) mass is 442 g/mol. The van der Waals surface area contributed by atoms with E-state index in [0.29, 0.717) is 29.9 Å². The number of methoxy groups -OCH3 is 1. The summed E-state index contributed by atoms with van der Waals surface area (Å²) in [5, 5.41) is 21.0. The molecule has 0 aliphatic heterocycles. The van der Waals surface area contributed by atoms with E-state index in [2.05, 4.69) is 34.6 Å². The smallest absolute Gasteiger partial charge is 0.305 e. The van der Waals surface area contributed by atoms with E-state index in [0.717, 1.165) is 49.7 Å². The fourth-order valence-electron chi connectivity index (χ4n) is 7.22.